The lowest BCUT2D eigenvalue weighted by atomic mass is 9.93. The molecule has 1 saturated heterocycles. The molecule has 0 N–H and O–H groups in total. The molecule has 1 aliphatic heterocycles. The SMILES string of the molecule is CC.O=S1(=NC2CCC(F)(F)CC2)CCCCC1. The van der Waals surface area contributed by atoms with Gasteiger partial charge in [0.25, 0.3) is 0 Å². The van der Waals surface area contributed by atoms with Gasteiger partial charge in [0.1, 0.15) is 0 Å². The van der Waals surface area contributed by atoms with Crippen molar-refractivity contribution in [3.63, 3.8) is 0 Å². The van der Waals surface area contributed by atoms with Gasteiger partial charge in [-0.05, 0) is 25.7 Å². The van der Waals surface area contributed by atoms with Gasteiger partial charge in [-0.1, -0.05) is 20.3 Å². The molecule has 2 fully saturated rings. The lowest BCUT2D eigenvalue weighted by molar-refractivity contribution is -0.0372. The van der Waals surface area contributed by atoms with Gasteiger partial charge in [-0.25, -0.2) is 17.4 Å². The first kappa shape index (κ1) is 15.9. The van der Waals surface area contributed by atoms with Crippen LogP contribution in [0.2, 0.25) is 0 Å². The highest BCUT2D eigenvalue weighted by molar-refractivity contribution is 7.93. The molecule has 2 rings (SSSR count). The summed E-state index contributed by atoms with van der Waals surface area (Å²) in [5, 5.41) is 0. The molecule has 5 heteroatoms. The highest BCUT2D eigenvalue weighted by atomic mass is 32.2. The van der Waals surface area contributed by atoms with Crippen LogP contribution in [0.5, 0.6) is 0 Å². The Morgan fingerprint density at radius 3 is 2.06 bits per heavy atom. The summed E-state index contributed by atoms with van der Waals surface area (Å²) in [4.78, 5) is 0. The van der Waals surface area contributed by atoms with Crippen molar-refractivity contribution in [3.8, 4) is 0 Å². The highest BCUT2D eigenvalue weighted by Gasteiger charge is 2.35. The van der Waals surface area contributed by atoms with Crippen LogP contribution in [0.3, 0.4) is 0 Å². The summed E-state index contributed by atoms with van der Waals surface area (Å²) < 4.78 is 42.5. The Hall–Kier alpha value is -0.190. The molecule has 2 nitrogen and oxygen atoms in total. The normalized spacial score (nSPS) is 26.9. The first-order valence-electron chi connectivity index (χ1n) is 7.09. The minimum absolute atomic E-state index is 0.0785. The number of rotatable bonds is 1. The Balaban J connectivity index is 0.000000771. The molecule has 0 radical (unpaired) electrons. The molecule has 1 saturated carbocycles. The zero-order valence-electron chi connectivity index (χ0n) is 11.5. The molecule has 0 aromatic rings. The summed E-state index contributed by atoms with van der Waals surface area (Å²) >= 11 is 0. The smallest absolute Gasteiger partial charge is 0.248 e. The summed E-state index contributed by atoms with van der Waals surface area (Å²) in [7, 11) is -2.05. The van der Waals surface area contributed by atoms with E-state index in [9.17, 15) is 13.0 Å². The van der Waals surface area contributed by atoms with Crippen molar-refractivity contribution in [2.45, 2.75) is 70.8 Å². The summed E-state index contributed by atoms with van der Waals surface area (Å²) in [5.74, 6) is -1.15. The van der Waals surface area contributed by atoms with E-state index < -0.39 is 15.7 Å². The van der Waals surface area contributed by atoms with Crippen molar-refractivity contribution >= 4 is 9.73 Å². The van der Waals surface area contributed by atoms with E-state index in [1.165, 1.54) is 0 Å². The second kappa shape index (κ2) is 6.83. The molecule has 0 atom stereocenters. The van der Waals surface area contributed by atoms with E-state index in [2.05, 4.69) is 4.36 Å². The minimum atomic E-state index is -2.51. The summed E-state index contributed by atoms with van der Waals surface area (Å²) in [6.07, 6.45) is 3.73. The van der Waals surface area contributed by atoms with Gasteiger partial charge in [0, 0.05) is 34.1 Å². The fourth-order valence-electron chi connectivity index (χ4n) is 2.44. The van der Waals surface area contributed by atoms with Gasteiger partial charge in [-0.15, -0.1) is 0 Å². The molecule has 1 heterocycles. The number of alkyl halides is 2. The molecule has 0 unspecified atom stereocenters. The monoisotopic (exact) mass is 281 g/mol. The second-order valence-electron chi connectivity index (χ2n) is 4.93. The van der Waals surface area contributed by atoms with E-state index in [-0.39, 0.29) is 18.9 Å². The van der Waals surface area contributed by atoms with Gasteiger partial charge in [-0.2, -0.15) is 0 Å². The average molecular weight is 281 g/mol. The third kappa shape index (κ3) is 4.82. The van der Waals surface area contributed by atoms with Crippen LogP contribution in [0.1, 0.15) is 58.8 Å². The van der Waals surface area contributed by atoms with Crippen LogP contribution in [-0.4, -0.2) is 27.7 Å². The van der Waals surface area contributed by atoms with Gasteiger partial charge in [0.2, 0.25) is 5.92 Å². The minimum Gasteiger partial charge on any atom is -0.250 e. The van der Waals surface area contributed by atoms with Crippen LogP contribution in [-0.2, 0) is 9.73 Å². The number of nitrogens with zero attached hydrogens (tertiary/aromatic N) is 1. The number of hydrogen-bond acceptors (Lipinski definition) is 2. The lowest BCUT2D eigenvalue weighted by Crippen LogP contribution is -2.28. The Labute approximate surface area is 110 Å². The molecule has 0 aromatic heterocycles. The maximum absolute atomic E-state index is 12.9. The topological polar surface area (TPSA) is 29.4 Å². The number of halogens is 2. The summed E-state index contributed by atoms with van der Waals surface area (Å²) in [5.41, 5.74) is 0. The van der Waals surface area contributed by atoms with E-state index in [0.29, 0.717) is 24.3 Å². The zero-order chi connectivity index (χ0) is 13.6. The van der Waals surface area contributed by atoms with E-state index in [4.69, 9.17) is 0 Å². The third-order valence-electron chi connectivity index (χ3n) is 3.45. The molecule has 0 amide bonds. The average Bonchev–Trinajstić information content (AvgIpc) is 2.35. The molecular weight excluding hydrogens is 256 g/mol. The molecule has 0 aromatic carbocycles. The van der Waals surface area contributed by atoms with Crippen LogP contribution in [0.15, 0.2) is 4.36 Å². The summed E-state index contributed by atoms with van der Waals surface area (Å²) in [6.45, 7) is 4.00. The van der Waals surface area contributed by atoms with Crippen molar-refractivity contribution in [2.75, 3.05) is 11.5 Å². The Kier molecular flexibility index (Phi) is 6.02. The van der Waals surface area contributed by atoms with E-state index in [1.807, 2.05) is 13.8 Å². The standard InChI is InChI=1S/C11H19F2NOS.C2H6/c12-11(13)6-4-10(5-7-11)14-16(15)8-2-1-3-9-16;1-2/h10H,1-9H2;1-2H3. The van der Waals surface area contributed by atoms with Crippen LogP contribution in [0.25, 0.3) is 0 Å². The Morgan fingerprint density at radius 2 is 1.56 bits per heavy atom. The molecule has 18 heavy (non-hydrogen) atoms. The van der Waals surface area contributed by atoms with Gasteiger partial charge in [0.05, 0.1) is 6.04 Å². The Bertz CT molecular complexity index is 340. The maximum atomic E-state index is 12.9. The first-order valence-corrected chi connectivity index (χ1v) is 8.94. The van der Waals surface area contributed by atoms with Crippen molar-refractivity contribution in [1.82, 2.24) is 0 Å². The molecule has 1 aliphatic carbocycles. The second-order valence-corrected chi connectivity index (χ2v) is 7.51. The zero-order valence-corrected chi connectivity index (χ0v) is 12.3. The van der Waals surface area contributed by atoms with E-state index >= 15 is 0 Å². The van der Waals surface area contributed by atoms with Gasteiger partial charge < -0.3 is 0 Å². The van der Waals surface area contributed by atoms with E-state index in [1.54, 1.807) is 0 Å². The fraction of sp³-hybridized carbons (Fsp3) is 1.00. The first-order chi connectivity index (χ1) is 8.49. The third-order valence-corrected chi connectivity index (χ3v) is 5.99. The van der Waals surface area contributed by atoms with Gasteiger partial charge in [0.15, 0.2) is 0 Å². The Morgan fingerprint density at radius 1 is 1.06 bits per heavy atom. The fourth-order valence-corrected chi connectivity index (χ4v) is 4.92. The summed E-state index contributed by atoms with van der Waals surface area (Å²) in [6, 6.07) is -0.0785. The van der Waals surface area contributed by atoms with Crippen molar-refractivity contribution in [3.05, 3.63) is 0 Å². The van der Waals surface area contributed by atoms with Crippen LogP contribution < -0.4 is 0 Å². The van der Waals surface area contributed by atoms with Crippen molar-refractivity contribution < 1.29 is 13.0 Å². The van der Waals surface area contributed by atoms with Crippen LogP contribution in [0.4, 0.5) is 8.78 Å². The molecule has 2 aliphatic rings. The highest BCUT2D eigenvalue weighted by Crippen LogP contribution is 2.35. The van der Waals surface area contributed by atoms with Gasteiger partial charge >= 0.3 is 0 Å². The van der Waals surface area contributed by atoms with Gasteiger partial charge in [-0.3, -0.25) is 0 Å². The molecule has 0 bridgehead atoms. The molecule has 108 valence electrons. The van der Waals surface area contributed by atoms with Crippen LogP contribution >= 0.6 is 0 Å². The van der Waals surface area contributed by atoms with Crippen molar-refractivity contribution in [1.29, 1.82) is 0 Å². The lowest BCUT2D eigenvalue weighted by Gasteiger charge is -2.27. The predicted molar refractivity (Wildman–Crippen MR) is 72.7 cm³/mol. The predicted octanol–water partition coefficient (Wildman–Crippen LogP) is 4.24. The number of hydrogen-bond donors (Lipinski definition) is 0. The van der Waals surface area contributed by atoms with Crippen molar-refractivity contribution in [2.24, 2.45) is 4.36 Å². The quantitative estimate of drug-likeness (QED) is 0.706. The van der Waals surface area contributed by atoms with Crippen LogP contribution in [0, 0.1) is 0 Å². The maximum Gasteiger partial charge on any atom is 0.248 e. The van der Waals surface area contributed by atoms with E-state index in [0.717, 1.165) is 19.3 Å². The molecule has 0 spiro atoms. The molecular formula is C13H25F2NOS. The largest absolute Gasteiger partial charge is 0.250 e.